The first kappa shape index (κ1) is 14.5. The summed E-state index contributed by atoms with van der Waals surface area (Å²) in [5.74, 6) is -0.0312. The molecule has 0 saturated carbocycles. The van der Waals surface area contributed by atoms with E-state index in [1.807, 2.05) is 45.0 Å². The monoisotopic (exact) mass is 250 g/mol. The van der Waals surface area contributed by atoms with Gasteiger partial charge in [0.25, 0.3) is 0 Å². The second kappa shape index (κ2) is 6.40. The Morgan fingerprint density at radius 1 is 1.39 bits per heavy atom. The highest BCUT2D eigenvalue weighted by molar-refractivity contribution is 5.81. The second-order valence-electron chi connectivity index (χ2n) is 5.00. The molecule has 100 valence electrons. The van der Waals surface area contributed by atoms with Crippen molar-refractivity contribution >= 4 is 11.6 Å². The predicted molar refractivity (Wildman–Crippen MR) is 73.4 cm³/mol. The Balaban J connectivity index is 2.47. The zero-order chi connectivity index (χ0) is 13.6. The fraction of sp³-hybridized carbons (Fsp3) is 0.500. The van der Waals surface area contributed by atoms with E-state index < -0.39 is 0 Å². The molecule has 0 saturated heterocycles. The molecule has 0 fully saturated rings. The Labute approximate surface area is 108 Å². The lowest BCUT2D eigenvalue weighted by atomic mass is 10.0. The fourth-order valence-electron chi connectivity index (χ4n) is 1.47. The van der Waals surface area contributed by atoms with Crippen molar-refractivity contribution in [2.45, 2.75) is 39.3 Å². The third-order valence-electron chi connectivity index (χ3n) is 2.92. The van der Waals surface area contributed by atoms with Crippen LogP contribution in [0.2, 0.25) is 0 Å². The smallest absolute Gasteiger partial charge is 0.239 e. The number of carbonyl (C=O) groups excluding carboxylic acids is 1. The van der Waals surface area contributed by atoms with Gasteiger partial charge in [-0.2, -0.15) is 0 Å². The zero-order valence-corrected chi connectivity index (χ0v) is 11.3. The number of nitrogens with one attached hydrogen (secondary N) is 2. The van der Waals surface area contributed by atoms with Crippen LogP contribution in [0.25, 0.3) is 0 Å². The number of aliphatic hydroxyl groups excluding tert-OH is 1. The van der Waals surface area contributed by atoms with Gasteiger partial charge in [0.1, 0.15) is 0 Å². The molecule has 1 rings (SSSR count). The van der Waals surface area contributed by atoms with Crippen molar-refractivity contribution in [3.05, 3.63) is 29.8 Å². The molecule has 3 N–H and O–H groups in total. The molecule has 1 aromatic carbocycles. The second-order valence-corrected chi connectivity index (χ2v) is 5.00. The molecule has 0 aromatic heterocycles. The highest BCUT2D eigenvalue weighted by Gasteiger charge is 2.17. The van der Waals surface area contributed by atoms with Crippen LogP contribution in [-0.2, 0) is 11.4 Å². The molecular weight excluding hydrogens is 228 g/mol. The summed E-state index contributed by atoms with van der Waals surface area (Å²) >= 11 is 0. The van der Waals surface area contributed by atoms with Gasteiger partial charge in [-0.05, 0) is 38.0 Å². The number of aliphatic hydroxyl groups is 1. The number of carbonyl (C=O) groups is 1. The van der Waals surface area contributed by atoms with Gasteiger partial charge >= 0.3 is 0 Å². The van der Waals surface area contributed by atoms with E-state index in [0.717, 1.165) is 17.7 Å². The van der Waals surface area contributed by atoms with Gasteiger partial charge in [-0.25, -0.2) is 0 Å². The van der Waals surface area contributed by atoms with Crippen LogP contribution in [0.15, 0.2) is 24.3 Å². The third-order valence-corrected chi connectivity index (χ3v) is 2.92. The van der Waals surface area contributed by atoms with Gasteiger partial charge in [0, 0.05) is 11.2 Å². The molecule has 0 aliphatic carbocycles. The third kappa shape index (κ3) is 4.75. The molecule has 18 heavy (non-hydrogen) atoms. The average Bonchev–Trinajstić information content (AvgIpc) is 2.36. The standard InChI is InChI=1S/C14H22N2O2/c1-4-14(2,3)16-13(18)9-15-12-7-5-6-11(8-12)10-17/h5-8,15,17H,4,9-10H2,1-3H3,(H,16,18). The SMILES string of the molecule is CCC(C)(C)NC(=O)CNc1cccc(CO)c1. The minimum absolute atomic E-state index is 0.00455. The van der Waals surface area contributed by atoms with E-state index in [1.165, 1.54) is 0 Å². The Hall–Kier alpha value is -1.55. The summed E-state index contributed by atoms with van der Waals surface area (Å²) in [6.45, 7) is 6.27. The van der Waals surface area contributed by atoms with Gasteiger partial charge in [-0.15, -0.1) is 0 Å². The summed E-state index contributed by atoms with van der Waals surface area (Å²) in [6, 6.07) is 7.39. The minimum Gasteiger partial charge on any atom is -0.392 e. The molecule has 1 amide bonds. The number of hydrogen-bond acceptors (Lipinski definition) is 3. The summed E-state index contributed by atoms with van der Waals surface area (Å²) in [5.41, 5.74) is 1.49. The number of anilines is 1. The van der Waals surface area contributed by atoms with Gasteiger partial charge in [-0.1, -0.05) is 19.1 Å². The van der Waals surface area contributed by atoms with Crippen LogP contribution in [-0.4, -0.2) is 23.1 Å². The lowest BCUT2D eigenvalue weighted by molar-refractivity contribution is -0.121. The molecule has 1 aromatic rings. The molecule has 0 spiro atoms. The van der Waals surface area contributed by atoms with Crippen LogP contribution in [0, 0.1) is 0 Å². The topological polar surface area (TPSA) is 61.4 Å². The molecule has 0 unspecified atom stereocenters. The normalized spacial score (nSPS) is 11.1. The molecule has 4 heteroatoms. The molecule has 0 bridgehead atoms. The van der Waals surface area contributed by atoms with E-state index in [0.29, 0.717) is 0 Å². The van der Waals surface area contributed by atoms with Crippen molar-refractivity contribution in [1.82, 2.24) is 5.32 Å². The summed E-state index contributed by atoms with van der Waals surface area (Å²) in [4.78, 5) is 11.7. The molecular formula is C14H22N2O2. The Bertz CT molecular complexity index is 403. The van der Waals surface area contributed by atoms with Gasteiger partial charge in [0.2, 0.25) is 5.91 Å². The predicted octanol–water partition coefficient (Wildman–Crippen LogP) is 1.90. The highest BCUT2D eigenvalue weighted by atomic mass is 16.3. The first-order valence-corrected chi connectivity index (χ1v) is 6.21. The van der Waals surface area contributed by atoms with Crippen molar-refractivity contribution in [1.29, 1.82) is 0 Å². The maximum absolute atomic E-state index is 11.7. The summed E-state index contributed by atoms with van der Waals surface area (Å²) in [6.07, 6.45) is 0.888. The largest absolute Gasteiger partial charge is 0.392 e. The molecule has 0 aliphatic rings. The number of amides is 1. The zero-order valence-electron chi connectivity index (χ0n) is 11.3. The first-order chi connectivity index (χ1) is 8.46. The summed E-state index contributed by atoms with van der Waals surface area (Å²) < 4.78 is 0. The van der Waals surface area contributed by atoms with Gasteiger partial charge in [-0.3, -0.25) is 4.79 Å². The van der Waals surface area contributed by atoms with E-state index in [4.69, 9.17) is 5.11 Å². The summed E-state index contributed by atoms with van der Waals surface area (Å²) in [5, 5.41) is 15.0. The quantitative estimate of drug-likeness (QED) is 0.722. The number of benzene rings is 1. The van der Waals surface area contributed by atoms with Crippen molar-refractivity contribution < 1.29 is 9.90 Å². The maximum atomic E-state index is 11.7. The molecule has 0 radical (unpaired) electrons. The van der Waals surface area contributed by atoms with E-state index in [2.05, 4.69) is 10.6 Å². The van der Waals surface area contributed by atoms with E-state index in [9.17, 15) is 4.79 Å². The van der Waals surface area contributed by atoms with Crippen molar-refractivity contribution in [2.75, 3.05) is 11.9 Å². The fourth-order valence-corrected chi connectivity index (χ4v) is 1.47. The van der Waals surface area contributed by atoms with Crippen LogP contribution in [0.3, 0.4) is 0 Å². The summed E-state index contributed by atoms with van der Waals surface area (Å²) in [7, 11) is 0. The first-order valence-electron chi connectivity index (χ1n) is 6.21. The van der Waals surface area contributed by atoms with E-state index in [1.54, 1.807) is 0 Å². The average molecular weight is 250 g/mol. The molecule has 4 nitrogen and oxygen atoms in total. The Morgan fingerprint density at radius 2 is 2.11 bits per heavy atom. The molecule has 0 aliphatic heterocycles. The Morgan fingerprint density at radius 3 is 2.72 bits per heavy atom. The van der Waals surface area contributed by atoms with Crippen molar-refractivity contribution in [3.8, 4) is 0 Å². The van der Waals surface area contributed by atoms with Crippen molar-refractivity contribution in [2.24, 2.45) is 0 Å². The van der Waals surface area contributed by atoms with Crippen LogP contribution in [0.4, 0.5) is 5.69 Å². The van der Waals surface area contributed by atoms with Gasteiger partial charge in [0.15, 0.2) is 0 Å². The minimum atomic E-state index is -0.175. The number of hydrogen-bond donors (Lipinski definition) is 3. The van der Waals surface area contributed by atoms with E-state index in [-0.39, 0.29) is 24.6 Å². The lowest BCUT2D eigenvalue weighted by Crippen LogP contribution is -2.45. The Kier molecular flexibility index (Phi) is 5.16. The maximum Gasteiger partial charge on any atom is 0.239 e. The van der Waals surface area contributed by atoms with Crippen molar-refractivity contribution in [3.63, 3.8) is 0 Å². The van der Waals surface area contributed by atoms with Gasteiger partial charge in [0.05, 0.1) is 13.2 Å². The van der Waals surface area contributed by atoms with E-state index >= 15 is 0 Å². The highest BCUT2D eigenvalue weighted by Crippen LogP contribution is 2.10. The van der Waals surface area contributed by atoms with Crippen LogP contribution >= 0.6 is 0 Å². The van der Waals surface area contributed by atoms with Crippen LogP contribution < -0.4 is 10.6 Å². The van der Waals surface area contributed by atoms with Gasteiger partial charge < -0.3 is 15.7 Å². The molecule has 0 atom stereocenters. The van der Waals surface area contributed by atoms with Crippen LogP contribution in [0.5, 0.6) is 0 Å². The number of rotatable bonds is 6. The molecule has 0 heterocycles. The lowest BCUT2D eigenvalue weighted by Gasteiger charge is -2.24. The van der Waals surface area contributed by atoms with Crippen LogP contribution in [0.1, 0.15) is 32.8 Å².